The molecule has 0 bridgehead atoms. The fourth-order valence-corrected chi connectivity index (χ4v) is 1.72. The van der Waals surface area contributed by atoms with Gasteiger partial charge >= 0.3 is 0 Å². The summed E-state index contributed by atoms with van der Waals surface area (Å²) in [7, 11) is 1.64. The molecule has 0 saturated carbocycles. The van der Waals surface area contributed by atoms with Crippen LogP contribution >= 0.6 is 0 Å². The van der Waals surface area contributed by atoms with Gasteiger partial charge in [0.2, 0.25) is 12.8 Å². The standard InChI is InChI=1S/C9H16N2O3/c1-14-9(6-10-7-12)2-4-11(8-13)5-3-9/h7-8H,2-6H2,1H3,(H,10,12). The van der Waals surface area contributed by atoms with Crippen molar-refractivity contribution in [3.63, 3.8) is 0 Å². The van der Waals surface area contributed by atoms with E-state index in [4.69, 9.17) is 4.74 Å². The molecule has 0 aromatic rings. The van der Waals surface area contributed by atoms with E-state index in [9.17, 15) is 9.59 Å². The number of amides is 2. The summed E-state index contributed by atoms with van der Waals surface area (Å²) < 4.78 is 5.41. The summed E-state index contributed by atoms with van der Waals surface area (Å²) >= 11 is 0. The average Bonchev–Trinajstić information content (AvgIpc) is 2.27. The first kappa shape index (κ1) is 11.0. The van der Waals surface area contributed by atoms with Gasteiger partial charge in [-0.1, -0.05) is 0 Å². The number of carbonyl (C=O) groups is 2. The van der Waals surface area contributed by atoms with Gasteiger partial charge < -0.3 is 15.0 Å². The van der Waals surface area contributed by atoms with Crippen molar-refractivity contribution >= 4 is 12.8 Å². The van der Waals surface area contributed by atoms with Gasteiger partial charge in [-0.2, -0.15) is 0 Å². The third-order valence-corrected chi connectivity index (χ3v) is 2.80. The van der Waals surface area contributed by atoms with Crippen LogP contribution in [0.4, 0.5) is 0 Å². The van der Waals surface area contributed by atoms with Gasteiger partial charge in [0.1, 0.15) is 0 Å². The van der Waals surface area contributed by atoms with Crippen molar-refractivity contribution in [2.24, 2.45) is 0 Å². The Hall–Kier alpha value is -1.10. The minimum Gasteiger partial charge on any atom is -0.376 e. The van der Waals surface area contributed by atoms with Crippen molar-refractivity contribution in [3.8, 4) is 0 Å². The second kappa shape index (κ2) is 4.95. The Labute approximate surface area is 83.4 Å². The highest BCUT2D eigenvalue weighted by molar-refractivity contribution is 5.47. The third-order valence-electron chi connectivity index (χ3n) is 2.80. The zero-order valence-corrected chi connectivity index (χ0v) is 8.36. The zero-order valence-electron chi connectivity index (χ0n) is 8.36. The number of nitrogens with zero attached hydrogens (tertiary/aromatic N) is 1. The van der Waals surface area contributed by atoms with Gasteiger partial charge in [0.05, 0.1) is 5.60 Å². The molecule has 1 aliphatic heterocycles. The Morgan fingerprint density at radius 1 is 1.43 bits per heavy atom. The summed E-state index contributed by atoms with van der Waals surface area (Å²) in [5.74, 6) is 0. The van der Waals surface area contributed by atoms with Gasteiger partial charge in [-0.25, -0.2) is 0 Å². The molecule has 1 heterocycles. The monoisotopic (exact) mass is 200 g/mol. The molecule has 2 amide bonds. The lowest BCUT2D eigenvalue weighted by Gasteiger charge is -2.39. The minimum absolute atomic E-state index is 0.291. The molecule has 1 saturated heterocycles. The molecule has 0 aromatic heterocycles. The predicted octanol–water partition coefficient (Wildman–Crippen LogP) is -0.630. The molecular formula is C9H16N2O3. The number of nitrogens with one attached hydrogen (secondary N) is 1. The van der Waals surface area contributed by atoms with E-state index >= 15 is 0 Å². The van der Waals surface area contributed by atoms with E-state index in [1.54, 1.807) is 12.0 Å². The second-order valence-electron chi connectivity index (χ2n) is 3.53. The molecule has 0 atom stereocenters. The molecule has 0 unspecified atom stereocenters. The number of ether oxygens (including phenoxy) is 1. The van der Waals surface area contributed by atoms with Crippen molar-refractivity contribution in [1.82, 2.24) is 10.2 Å². The molecule has 14 heavy (non-hydrogen) atoms. The summed E-state index contributed by atoms with van der Waals surface area (Å²) in [6.45, 7) is 1.90. The van der Waals surface area contributed by atoms with E-state index in [0.717, 1.165) is 19.3 Å². The van der Waals surface area contributed by atoms with Crippen LogP contribution in [0.3, 0.4) is 0 Å². The second-order valence-corrected chi connectivity index (χ2v) is 3.53. The van der Waals surface area contributed by atoms with Gasteiger partial charge in [-0.05, 0) is 12.8 Å². The lowest BCUT2D eigenvalue weighted by Crippen LogP contribution is -2.50. The molecule has 1 N–H and O–H groups in total. The van der Waals surface area contributed by atoms with Crippen LogP contribution < -0.4 is 5.32 Å². The van der Waals surface area contributed by atoms with Gasteiger partial charge in [-0.3, -0.25) is 9.59 Å². The third kappa shape index (κ3) is 2.45. The average molecular weight is 200 g/mol. The summed E-state index contributed by atoms with van der Waals surface area (Å²) in [6, 6.07) is 0. The number of carbonyl (C=O) groups excluding carboxylic acids is 2. The molecule has 1 aliphatic rings. The van der Waals surface area contributed by atoms with Crippen molar-refractivity contribution in [1.29, 1.82) is 0 Å². The SMILES string of the molecule is COC1(CNC=O)CCN(C=O)CC1. The number of hydrogen-bond acceptors (Lipinski definition) is 3. The van der Waals surface area contributed by atoms with Crippen LogP contribution in [-0.4, -0.2) is 50.1 Å². The van der Waals surface area contributed by atoms with E-state index in [0.29, 0.717) is 26.0 Å². The van der Waals surface area contributed by atoms with Gasteiger partial charge in [0.25, 0.3) is 0 Å². The Morgan fingerprint density at radius 2 is 2.07 bits per heavy atom. The maximum Gasteiger partial charge on any atom is 0.209 e. The van der Waals surface area contributed by atoms with Crippen LogP contribution in [0.5, 0.6) is 0 Å². The first-order valence-corrected chi connectivity index (χ1v) is 4.68. The van der Waals surface area contributed by atoms with E-state index in [2.05, 4.69) is 5.32 Å². The van der Waals surface area contributed by atoms with E-state index in [1.165, 1.54) is 0 Å². The Morgan fingerprint density at radius 3 is 2.50 bits per heavy atom. The first-order chi connectivity index (χ1) is 6.76. The highest BCUT2D eigenvalue weighted by atomic mass is 16.5. The van der Waals surface area contributed by atoms with Crippen molar-refractivity contribution in [2.45, 2.75) is 18.4 Å². The summed E-state index contributed by atoms with van der Waals surface area (Å²) in [6.07, 6.45) is 3.06. The summed E-state index contributed by atoms with van der Waals surface area (Å²) in [5.41, 5.74) is -0.291. The van der Waals surface area contributed by atoms with E-state index in [-0.39, 0.29) is 5.60 Å². The summed E-state index contributed by atoms with van der Waals surface area (Å²) in [4.78, 5) is 22.4. The lowest BCUT2D eigenvalue weighted by molar-refractivity contribution is -0.124. The number of piperidine rings is 1. The number of likely N-dealkylation sites (tertiary alicyclic amines) is 1. The summed E-state index contributed by atoms with van der Waals surface area (Å²) in [5, 5.41) is 2.63. The highest BCUT2D eigenvalue weighted by Gasteiger charge is 2.33. The molecule has 5 heteroatoms. The van der Waals surface area contributed by atoms with Gasteiger partial charge in [0.15, 0.2) is 0 Å². The Balaban J connectivity index is 2.47. The van der Waals surface area contributed by atoms with Gasteiger partial charge in [0, 0.05) is 26.7 Å². The fourth-order valence-electron chi connectivity index (χ4n) is 1.72. The number of rotatable bonds is 5. The maximum absolute atomic E-state index is 10.5. The lowest BCUT2D eigenvalue weighted by atomic mass is 9.91. The molecule has 0 aliphatic carbocycles. The van der Waals surface area contributed by atoms with Crippen molar-refractivity contribution < 1.29 is 14.3 Å². The van der Waals surface area contributed by atoms with Crippen molar-refractivity contribution in [2.75, 3.05) is 26.7 Å². The van der Waals surface area contributed by atoms with Crippen LogP contribution in [0.1, 0.15) is 12.8 Å². The maximum atomic E-state index is 10.5. The predicted molar refractivity (Wildman–Crippen MR) is 50.7 cm³/mol. The molecule has 80 valence electrons. The van der Waals surface area contributed by atoms with Crippen LogP contribution in [0.15, 0.2) is 0 Å². The molecule has 0 aromatic carbocycles. The molecule has 1 rings (SSSR count). The smallest absolute Gasteiger partial charge is 0.209 e. The fraction of sp³-hybridized carbons (Fsp3) is 0.778. The molecule has 0 radical (unpaired) electrons. The molecule has 0 spiro atoms. The first-order valence-electron chi connectivity index (χ1n) is 4.68. The molecule has 5 nitrogen and oxygen atoms in total. The Kier molecular flexibility index (Phi) is 3.88. The Bertz CT molecular complexity index is 200. The number of hydrogen-bond donors (Lipinski definition) is 1. The topological polar surface area (TPSA) is 58.6 Å². The quantitative estimate of drug-likeness (QED) is 0.601. The zero-order chi connectivity index (χ0) is 10.4. The van der Waals surface area contributed by atoms with Crippen LogP contribution in [0.25, 0.3) is 0 Å². The van der Waals surface area contributed by atoms with E-state index < -0.39 is 0 Å². The van der Waals surface area contributed by atoms with Crippen molar-refractivity contribution in [3.05, 3.63) is 0 Å². The normalized spacial score (nSPS) is 20.2. The van der Waals surface area contributed by atoms with E-state index in [1.807, 2.05) is 0 Å². The van der Waals surface area contributed by atoms with Gasteiger partial charge in [-0.15, -0.1) is 0 Å². The molecule has 1 fully saturated rings. The number of methoxy groups -OCH3 is 1. The largest absolute Gasteiger partial charge is 0.376 e. The minimum atomic E-state index is -0.291. The van der Waals surface area contributed by atoms with Crippen LogP contribution in [-0.2, 0) is 14.3 Å². The highest BCUT2D eigenvalue weighted by Crippen LogP contribution is 2.24. The van der Waals surface area contributed by atoms with Crippen LogP contribution in [0, 0.1) is 0 Å². The molecular weight excluding hydrogens is 184 g/mol. The van der Waals surface area contributed by atoms with Crippen LogP contribution in [0.2, 0.25) is 0 Å².